The van der Waals surface area contributed by atoms with Crippen LogP contribution in [0, 0.1) is 5.92 Å². The average Bonchev–Trinajstić information content (AvgIpc) is 3.03. The van der Waals surface area contributed by atoms with E-state index in [4.69, 9.17) is 0 Å². The summed E-state index contributed by atoms with van der Waals surface area (Å²) in [7, 11) is 0. The van der Waals surface area contributed by atoms with Gasteiger partial charge in [0.1, 0.15) is 11.4 Å². The van der Waals surface area contributed by atoms with Crippen molar-refractivity contribution in [3.8, 4) is 0 Å². The van der Waals surface area contributed by atoms with E-state index in [1.54, 1.807) is 24.4 Å². The van der Waals surface area contributed by atoms with Gasteiger partial charge < -0.3 is 10.6 Å². The maximum atomic E-state index is 13.5. The van der Waals surface area contributed by atoms with E-state index in [0.717, 1.165) is 42.2 Å². The van der Waals surface area contributed by atoms with Crippen LogP contribution in [0.3, 0.4) is 0 Å². The summed E-state index contributed by atoms with van der Waals surface area (Å²) in [5.74, 6) is 0.201. The summed E-state index contributed by atoms with van der Waals surface area (Å²) < 4.78 is 40.4. The smallest absolute Gasteiger partial charge is 0.340 e. The molecule has 10 heteroatoms. The van der Waals surface area contributed by atoms with Crippen molar-refractivity contribution in [1.82, 2.24) is 25.5 Å². The molecule has 3 heterocycles. The summed E-state index contributed by atoms with van der Waals surface area (Å²) in [6.45, 7) is 3.61. The number of rotatable bonds is 3. The second-order valence-electron chi connectivity index (χ2n) is 7.18. The topological polar surface area (TPSA) is 90.9 Å². The van der Waals surface area contributed by atoms with E-state index in [1.807, 2.05) is 0 Å². The lowest BCUT2D eigenvalue weighted by atomic mass is 10.1. The Hall–Kier alpha value is -3.01. The number of fused-ring (bicyclic) bond motifs is 1. The number of aromatic nitrogens is 4. The lowest BCUT2D eigenvalue weighted by molar-refractivity contribution is -0.137. The molecule has 1 saturated heterocycles. The molecule has 4 rings (SSSR count). The highest BCUT2D eigenvalue weighted by molar-refractivity contribution is 5.88. The first kappa shape index (κ1) is 19.3. The second kappa shape index (κ2) is 7.78. The quantitative estimate of drug-likeness (QED) is 0.610. The van der Waals surface area contributed by atoms with Crippen molar-refractivity contribution in [2.45, 2.75) is 25.9 Å². The number of hydrogen-bond acceptors (Lipinski definition) is 6. The van der Waals surface area contributed by atoms with Gasteiger partial charge in [-0.3, -0.25) is 5.10 Å². The number of alkyl halides is 3. The fraction of sp³-hybridized carbons (Fsp3) is 0.368. The molecule has 0 radical (unpaired) electrons. The predicted molar refractivity (Wildman–Crippen MR) is 105 cm³/mol. The number of aliphatic imine (C=N–C) groups is 1. The van der Waals surface area contributed by atoms with Crippen LogP contribution in [0.25, 0.3) is 10.9 Å². The van der Waals surface area contributed by atoms with Crippen LogP contribution in [0.15, 0.2) is 35.6 Å². The van der Waals surface area contributed by atoms with E-state index in [9.17, 15) is 13.2 Å². The first-order valence-electron chi connectivity index (χ1n) is 9.30. The minimum absolute atomic E-state index is 0.0104. The van der Waals surface area contributed by atoms with E-state index in [2.05, 4.69) is 42.7 Å². The summed E-state index contributed by atoms with van der Waals surface area (Å²) >= 11 is 0. The molecular weight excluding hydrogens is 383 g/mol. The average molecular weight is 403 g/mol. The SMILES string of the molecule is CC1CCC(=Nc2ncc(C(F)(F)F)c(Nc3ccc4[nH]ncc4c3)n2)CNC1. The molecule has 0 aliphatic carbocycles. The number of H-pyrrole nitrogens is 1. The van der Waals surface area contributed by atoms with Gasteiger partial charge in [-0.25, -0.2) is 9.98 Å². The number of anilines is 2. The van der Waals surface area contributed by atoms with E-state index in [-0.39, 0.29) is 11.8 Å². The molecule has 0 bridgehead atoms. The summed E-state index contributed by atoms with van der Waals surface area (Å²) in [5.41, 5.74) is 1.14. The standard InChI is InChI=1S/C19H20F3N7/c1-11-2-3-14(9-23-7-11)27-18-24-10-15(19(20,21)22)17(28-18)26-13-4-5-16-12(6-13)8-25-29-16/h4-6,8,10-11,23H,2-3,7,9H2,1H3,(H,25,29)(H,24,26,28). The molecule has 152 valence electrons. The van der Waals surface area contributed by atoms with Gasteiger partial charge in [0, 0.05) is 29.5 Å². The Bertz CT molecular complexity index is 1040. The van der Waals surface area contributed by atoms with Crippen molar-refractivity contribution in [1.29, 1.82) is 0 Å². The molecule has 3 aromatic rings. The number of benzene rings is 1. The lowest BCUT2D eigenvalue weighted by Crippen LogP contribution is -2.22. The van der Waals surface area contributed by atoms with Crippen LogP contribution in [0.5, 0.6) is 0 Å². The highest BCUT2D eigenvalue weighted by Crippen LogP contribution is 2.35. The Morgan fingerprint density at radius 1 is 1.24 bits per heavy atom. The Kier molecular flexibility index (Phi) is 5.18. The third-order valence-electron chi connectivity index (χ3n) is 4.79. The van der Waals surface area contributed by atoms with Gasteiger partial charge in [0.2, 0.25) is 0 Å². The number of nitrogens with zero attached hydrogens (tertiary/aromatic N) is 4. The number of aromatic amines is 1. The first-order chi connectivity index (χ1) is 13.9. The van der Waals surface area contributed by atoms with Crippen LogP contribution in [0.2, 0.25) is 0 Å². The van der Waals surface area contributed by atoms with Gasteiger partial charge in [0.25, 0.3) is 5.95 Å². The van der Waals surface area contributed by atoms with Crippen molar-refractivity contribution in [3.63, 3.8) is 0 Å². The zero-order chi connectivity index (χ0) is 20.4. The Balaban J connectivity index is 1.67. The molecule has 29 heavy (non-hydrogen) atoms. The van der Waals surface area contributed by atoms with Gasteiger partial charge >= 0.3 is 6.18 Å². The third kappa shape index (κ3) is 4.53. The fourth-order valence-corrected chi connectivity index (χ4v) is 3.19. The van der Waals surface area contributed by atoms with E-state index < -0.39 is 11.7 Å². The first-order valence-corrected chi connectivity index (χ1v) is 9.30. The molecule has 1 atom stereocenters. The normalized spacial score (nSPS) is 19.4. The zero-order valence-corrected chi connectivity index (χ0v) is 15.7. The molecule has 2 aromatic heterocycles. The lowest BCUT2D eigenvalue weighted by Gasteiger charge is -2.14. The van der Waals surface area contributed by atoms with Crippen LogP contribution in [0.1, 0.15) is 25.3 Å². The van der Waals surface area contributed by atoms with E-state index >= 15 is 0 Å². The van der Waals surface area contributed by atoms with Crippen LogP contribution in [-0.4, -0.2) is 39.0 Å². The minimum atomic E-state index is -4.59. The Morgan fingerprint density at radius 3 is 2.93 bits per heavy atom. The largest absolute Gasteiger partial charge is 0.421 e. The molecule has 0 spiro atoms. The van der Waals surface area contributed by atoms with Gasteiger partial charge in [0.05, 0.1) is 11.7 Å². The van der Waals surface area contributed by atoms with E-state index in [1.165, 1.54) is 0 Å². The van der Waals surface area contributed by atoms with Gasteiger partial charge in [0.15, 0.2) is 0 Å². The monoisotopic (exact) mass is 403 g/mol. The molecule has 1 aliphatic heterocycles. The third-order valence-corrected chi connectivity index (χ3v) is 4.79. The summed E-state index contributed by atoms with van der Waals surface area (Å²) in [4.78, 5) is 12.3. The Morgan fingerprint density at radius 2 is 2.10 bits per heavy atom. The number of nitrogens with one attached hydrogen (secondary N) is 3. The molecule has 0 saturated carbocycles. The maximum Gasteiger partial charge on any atom is 0.421 e. The van der Waals surface area contributed by atoms with Crippen molar-refractivity contribution < 1.29 is 13.2 Å². The highest BCUT2D eigenvalue weighted by atomic mass is 19.4. The highest BCUT2D eigenvalue weighted by Gasteiger charge is 2.35. The molecule has 3 N–H and O–H groups in total. The van der Waals surface area contributed by atoms with Gasteiger partial charge in [-0.2, -0.15) is 23.3 Å². The molecule has 1 aliphatic rings. The maximum absolute atomic E-state index is 13.5. The Labute approximate surface area is 164 Å². The number of hydrogen-bond donors (Lipinski definition) is 3. The van der Waals surface area contributed by atoms with Crippen molar-refractivity contribution in [2.75, 3.05) is 18.4 Å². The summed E-state index contributed by atoms with van der Waals surface area (Å²) in [6, 6.07) is 5.09. The van der Waals surface area contributed by atoms with E-state index in [0.29, 0.717) is 18.2 Å². The molecule has 1 unspecified atom stereocenters. The molecule has 1 aromatic carbocycles. The van der Waals surface area contributed by atoms with Gasteiger partial charge in [-0.1, -0.05) is 6.92 Å². The second-order valence-corrected chi connectivity index (χ2v) is 7.18. The predicted octanol–water partition coefficient (Wildman–Crippen LogP) is 4.21. The zero-order valence-electron chi connectivity index (χ0n) is 15.7. The van der Waals surface area contributed by atoms with Gasteiger partial charge in [-0.15, -0.1) is 0 Å². The summed E-state index contributed by atoms with van der Waals surface area (Å²) in [5, 5.41) is 13.5. The molecule has 7 nitrogen and oxygen atoms in total. The summed E-state index contributed by atoms with van der Waals surface area (Å²) in [6.07, 6.45) is -0.492. The molecule has 0 amide bonds. The van der Waals surface area contributed by atoms with Crippen LogP contribution in [-0.2, 0) is 6.18 Å². The number of halogens is 3. The van der Waals surface area contributed by atoms with Crippen molar-refractivity contribution in [2.24, 2.45) is 10.9 Å². The van der Waals surface area contributed by atoms with Crippen molar-refractivity contribution in [3.05, 3.63) is 36.2 Å². The molecular formula is C19H20F3N7. The van der Waals surface area contributed by atoms with Crippen LogP contribution >= 0.6 is 0 Å². The van der Waals surface area contributed by atoms with Crippen LogP contribution < -0.4 is 10.6 Å². The van der Waals surface area contributed by atoms with Crippen LogP contribution in [0.4, 0.5) is 30.6 Å². The molecule has 1 fully saturated rings. The minimum Gasteiger partial charge on any atom is -0.340 e. The van der Waals surface area contributed by atoms with Crippen molar-refractivity contribution >= 4 is 34.1 Å². The fourth-order valence-electron chi connectivity index (χ4n) is 3.19. The van der Waals surface area contributed by atoms with Gasteiger partial charge in [-0.05, 0) is 43.5 Å².